The number of carbonyl (C=O) groups is 1. The van der Waals surface area contributed by atoms with Crippen molar-refractivity contribution in [2.45, 2.75) is 75.0 Å². The Morgan fingerprint density at radius 1 is 1.10 bits per heavy atom. The standard InChI is InChI=1S/C28H38N2O9S/c1-3-20(4-2)39-30(40(35,36)21-12-10-19(31)11-13-21)25(23-17-38-27-22(23)14-15-37-27)26(32)24(29-28(33)34)16-18-8-6-5-7-9-18/h5-13,20,22-27,29,31-32H,3-4,14-17H2,1-2H3,(H,33,34)/t22-,23+,24-,25?,26+,27+/m0/s1. The molecule has 12 heteroatoms. The zero-order valence-corrected chi connectivity index (χ0v) is 23.4. The summed E-state index contributed by atoms with van der Waals surface area (Å²) in [7, 11) is -4.41. The summed E-state index contributed by atoms with van der Waals surface area (Å²) in [6, 6.07) is 11.8. The molecule has 2 fully saturated rings. The Kier molecular flexibility index (Phi) is 10.0. The highest BCUT2D eigenvalue weighted by molar-refractivity contribution is 7.89. The molecule has 220 valence electrons. The highest BCUT2D eigenvalue weighted by atomic mass is 32.2. The van der Waals surface area contributed by atoms with Crippen LogP contribution in [0.1, 0.15) is 38.7 Å². The summed E-state index contributed by atoms with van der Waals surface area (Å²) in [4.78, 5) is 17.9. The van der Waals surface area contributed by atoms with E-state index in [4.69, 9.17) is 14.3 Å². The largest absolute Gasteiger partial charge is 0.508 e. The molecule has 2 aromatic carbocycles. The first-order valence-electron chi connectivity index (χ1n) is 13.6. The Labute approximate surface area is 234 Å². The van der Waals surface area contributed by atoms with Crippen molar-refractivity contribution >= 4 is 16.1 Å². The average Bonchev–Trinajstić information content (AvgIpc) is 3.56. The molecule has 2 aliphatic rings. The van der Waals surface area contributed by atoms with E-state index in [9.17, 15) is 28.5 Å². The number of hydrogen-bond acceptors (Lipinski definition) is 8. The number of nitrogens with zero attached hydrogens (tertiary/aromatic N) is 1. The number of hydroxylamine groups is 1. The Morgan fingerprint density at radius 3 is 2.40 bits per heavy atom. The smallest absolute Gasteiger partial charge is 0.404 e. The first-order valence-corrected chi connectivity index (χ1v) is 15.0. The number of amides is 1. The van der Waals surface area contributed by atoms with Crippen molar-refractivity contribution in [2.24, 2.45) is 11.8 Å². The van der Waals surface area contributed by atoms with Crippen molar-refractivity contribution in [3.63, 3.8) is 0 Å². The van der Waals surface area contributed by atoms with Crippen molar-refractivity contribution in [2.75, 3.05) is 13.2 Å². The molecule has 4 rings (SSSR count). The maximum atomic E-state index is 14.2. The minimum atomic E-state index is -4.41. The summed E-state index contributed by atoms with van der Waals surface area (Å²) in [5.74, 6) is -0.894. The minimum Gasteiger partial charge on any atom is -0.508 e. The van der Waals surface area contributed by atoms with Gasteiger partial charge in [0.15, 0.2) is 6.29 Å². The molecule has 0 aromatic heterocycles. The molecule has 2 aromatic rings. The number of aliphatic hydroxyl groups excluding tert-OH is 1. The first kappa shape index (κ1) is 30.2. The number of ether oxygens (including phenoxy) is 2. The van der Waals surface area contributed by atoms with E-state index in [0.717, 1.165) is 10.0 Å². The number of phenolic OH excluding ortho intramolecular Hbond substituents is 1. The molecule has 1 unspecified atom stereocenters. The zero-order chi connectivity index (χ0) is 28.9. The maximum Gasteiger partial charge on any atom is 0.404 e. The molecule has 0 radical (unpaired) electrons. The molecule has 11 nitrogen and oxygen atoms in total. The quantitative estimate of drug-likeness (QED) is 0.262. The Bertz CT molecular complexity index is 1210. The molecule has 2 heterocycles. The van der Waals surface area contributed by atoms with E-state index in [1.54, 1.807) is 12.1 Å². The second-order valence-electron chi connectivity index (χ2n) is 10.2. The van der Waals surface area contributed by atoms with Crippen LogP contribution < -0.4 is 5.32 Å². The van der Waals surface area contributed by atoms with Crippen molar-refractivity contribution in [1.29, 1.82) is 0 Å². The average molecular weight is 579 g/mol. The Hall–Kier alpha value is -2.74. The molecule has 0 aliphatic carbocycles. The number of nitrogens with one attached hydrogen (secondary N) is 1. The molecular weight excluding hydrogens is 540 g/mol. The van der Waals surface area contributed by atoms with Gasteiger partial charge in [0.25, 0.3) is 10.0 Å². The molecular formula is C28H38N2O9S. The van der Waals surface area contributed by atoms with Gasteiger partial charge in [0.2, 0.25) is 0 Å². The lowest BCUT2D eigenvalue weighted by Gasteiger charge is -2.41. The van der Waals surface area contributed by atoms with Gasteiger partial charge in [-0.2, -0.15) is 0 Å². The second kappa shape index (κ2) is 13.3. The van der Waals surface area contributed by atoms with Crippen molar-refractivity contribution in [3.8, 4) is 5.75 Å². The predicted molar refractivity (Wildman–Crippen MR) is 145 cm³/mol. The lowest BCUT2D eigenvalue weighted by Crippen LogP contribution is -2.60. The predicted octanol–water partition coefficient (Wildman–Crippen LogP) is 3.12. The van der Waals surface area contributed by atoms with Gasteiger partial charge in [0.05, 0.1) is 42.4 Å². The summed E-state index contributed by atoms with van der Waals surface area (Å²) < 4.78 is 40.8. The summed E-state index contributed by atoms with van der Waals surface area (Å²) in [6.45, 7) is 4.26. The van der Waals surface area contributed by atoms with Gasteiger partial charge >= 0.3 is 6.09 Å². The fraction of sp³-hybridized carbons (Fsp3) is 0.536. The van der Waals surface area contributed by atoms with Crippen LogP contribution in [0.3, 0.4) is 0 Å². The number of hydrogen-bond donors (Lipinski definition) is 4. The van der Waals surface area contributed by atoms with Crippen LogP contribution in [0.2, 0.25) is 0 Å². The summed E-state index contributed by atoms with van der Waals surface area (Å²) in [5, 5.41) is 33.9. The Morgan fingerprint density at radius 2 is 1.77 bits per heavy atom. The molecule has 2 aliphatic heterocycles. The van der Waals surface area contributed by atoms with E-state index >= 15 is 0 Å². The monoisotopic (exact) mass is 578 g/mol. The van der Waals surface area contributed by atoms with Gasteiger partial charge in [-0.05, 0) is 55.5 Å². The molecule has 4 N–H and O–H groups in total. The number of sulfonamides is 1. The first-order chi connectivity index (χ1) is 19.1. The minimum absolute atomic E-state index is 0.0933. The van der Waals surface area contributed by atoms with Gasteiger partial charge in [-0.25, -0.2) is 13.2 Å². The van der Waals surface area contributed by atoms with E-state index in [0.29, 0.717) is 25.9 Å². The molecule has 40 heavy (non-hydrogen) atoms. The van der Waals surface area contributed by atoms with E-state index in [2.05, 4.69) is 5.32 Å². The maximum absolute atomic E-state index is 14.2. The summed E-state index contributed by atoms with van der Waals surface area (Å²) in [5.41, 5.74) is 0.762. The third-order valence-corrected chi connectivity index (χ3v) is 9.34. The summed E-state index contributed by atoms with van der Waals surface area (Å²) >= 11 is 0. The van der Waals surface area contributed by atoms with Crippen LogP contribution in [0.25, 0.3) is 0 Å². The van der Waals surface area contributed by atoms with Crippen LogP contribution in [0.5, 0.6) is 5.75 Å². The highest BCUT2D eigenvalue weighted by Gasteiger charge is 2.53. The van der Waals surface area contributed by atoms with Gasteiger partial charge < -0.3 is 30.1 Å². The van der Waals surface area contributed by atoms with E-state index in [1.165, 1.54) is 24.3 Å². The van der Waals surface area contributed by atoms with Crippen LogP contribution >= 0.6 is 0 Å². The number of carboxylic acid groups (broad SMARTS) is 1. The van der Waals surface area contributed by atoms with Crippen molar-refractivity contribution in [1.82, 2.24) is 9.79 Å². The molecule has 6 atom stereocenters. The van der Waals surface area contributed by atoms with Crippen LogP contribution in [-0.2, 0) is 30.8 Å². The number of phenols is 1. The molecule has 0 spiro atoms. The fourth-order valence-electron chi connectivity index (χ4n) is 5.50. The van der Waals surface area contributed by atoms with Gasteiger partial charge in [-0.3, -0.25) is 4.84 Å². The van der Waals surface area contributed by atoms with Gasteiger partial charge in [0.1, 0.15) is 5.75 Å². The normalized spacial score (nSPS) is 23.2. The lowest BCUT2D eigenvalue weighted by atomic mass is 9.82. The third kappa shape index (κ3) is 6.76. The van der Waals surface area contributed by atoms with Crippen LogP contribution in [0.15, 0.2) is 59.5 Å². The topological polar surface area (TPSA) is 155 Å². The number of aliphatic hydroxyl groups is 1. The van der Waals surface area contributed by atoms with E-state index in [1.807, 2.05) is 32.0 Å². The Balaban J connectivity index is 1.82. The molecule has 1 amide bonds. The van der Waals surface area contributed by atoms with Crippen molar-refractivity contribution in [3.05, 3.63) is 60.2 Å². The molecule has 0 saturated carbocycles. The summed E-state index contributed by atoms with van der Waals surface area (Å²) in [6.07, 6.45) is -2.22. The van der Waals surface area contributed by atoms with Crippen molar-refractivity contribution < 1.29 is 42.8 Å². The zero-order valence-electron chi connectivity index (χ0n) is 22.6. The van der Waals surface area contributed by atoms with Crippen LogP contribution in [-0.4, -0.2) is 78.1 Å². The molecule has 0 bridgehead atoms. The highest BCUT2D eigenvalue weighted by Crippen LogP contribution is 2.42. The van der Waals surface area contributed by atoms with Crippen LogP contribution in [0, 0.1) is 11.8 Å². The van der Waals surface area contributed by atoms with Crippen LogP contribution in [0.4, 0.5) is 4.79 Å². The fourth-order valence-corrected chi connectivity index (χ4v) is 7.02. The number of benzene rings is 2. The van der Waals surface area contributed by atoms with E-state index < -0.39 is 52.6 Å². The number of fused-ring (bicyclic) bond motifs is 1. The van der Waals surface area contributed by atoms with E-state index in [-0.39, 0.29) is 29.6 Å². The number of rotatable bonds is 13. The number of aromatic hydroxyl groups is 1. The third-order valence-electron chi connectivity index (χ3n) is 7.67. The molecule has 2 saturated heterocycles. The van der Waals surface area contributed by atoms with Gasteiger partial charge in [0, 0.05) is 11.8 Å². The lowest BCUT2D eigenvalue weighted by molar-refractivity contribution is -0.192. The second-order valence-corrected chi connectivity index (χ2v) is 12.0. The van der Waals surface area contributed by atoms with Gasteiger partial charge in [-0.15, -0.1) is 0 Å². The SMILES string of the molecule is CCC(CC)ON(C([C@H](O)[C@H](Cc1ccccc1)NC(=O)O)[C@@H]1CO[C@H]2OCC[C@H]21)S(=O)(=O)c1ccc(O)cc1. The van der Waals surface area contributed by atoms with Gasteiger partial charge in [-0.1, -0.05) is 48.6 Å².